The molecule has 7 nitrogen and oxygen atoms in total. The van der Waals surface area contributed by atoms with Crippen LogP contribution in [0.25, 0.3) is 11.3 Å². The Balaban J connectivity index is 1.66. The molecule has 1 saturated carbocycles. The van der Waals surface area contributed by atoms with Gasteiger partial charge in [-0.15, -0.1) is 0 Å². The van der Waals surface area contributed by atoms with Crippen molar-refractivity contribution in [2.24, 2.45) is 5.92 Å². The van der Waals surface area contributed by atoms with Gasteiger partial charge in [0.05, 0.1) is 21.4 Å². The first-order chi connectivity index (χ1) is 14.4. The molecule has 0 unspecified atom stereocenters. The Morgan fingerprint density at radius 3 is 2.57 bits per heavy atom. The van der Waals surface area contributed by atoms with Crippen molar-refractivity contribution >= 4 is 53.9 Å². The van der Waals surface area contributed by atoms with Gasteiger partial charge in [0.1, 0.15) is 13.5 Å². The standard InChI is InChI=1S/C20H16BCl2N5O2/c21-13-3-1-2-12(6-13)16-7-17(19(29)28(27-16)10-11-4-5-11)25-20(30)26-18-14(22)8-24-9-15(18)23/h1-3,6-9,11H,4-5,10H2,(H2,24,25,26,30). The predicted octanol–water partition coefficient (Wildman–Crippen LogP) is 3.46. The van der Waals surface area contributed by atoms with Crippen molar-refractivity contribution in [3.63, 3.8) is 0 Å². The van der Waals surface area contributed by atoms with Crippen molar-refractivity contribution in [1.29, 1.82) is 0 Å². The summed E-state index contributed by atoms with van der Waals surface area (Å²) in [6, 6.07) is 8.02. The zero-order valence-corrected chi connectivity index (χ0v) is 17.2. The van der Waals surface area contributed by atoms with E-state index in [-0.39, 0.29) is 21.4 Å². The molecule has 0 spiro atoms. The second-order valence-corrected chi connectivity index (χ2v) is 7.87. The molecule has 10 heteroatoms. The molecule has 2 aromatic heterocycles. The number of aromatic nitrogens is 3. The minimum atomic E-state index is -0.662. The lowest BCUT2D eigenvalue weighted by molar-refractivity contribution is 0.262. The van der Waals surface area contributed by atoms with Crippen molar-refractivity contribution in [2.75, 3.05) is 10.6 Å². The van der Waals surface area contributed by atoms with Crippen molar-refractivity contribution in [3.05, 3.63) is 63.1 Å². The molecule has 2 radical (unpaired) electrons. The minimum absolute atomic E-state index is 0.0851. The van der Waals surface area contributed by atoms with E-state index in [9.17, 15) is 9.59 Å². The lowest BCUT2D eigenvalue weighted by atomic mass is 9.93. The molecule has 150 valence electrons. The number of halogens is 2. The molecule has 0 bridgehead atoms. The molecule has 0 saturated heterocycles. The fourth-order valence-corrected chi connectivity index (χ4v) is 3.40. The van der Waals surface area contributed by atoms with Crippen LogP contribution in [0.1, 0.15) is 12.8 Å². The predicted molar refractivity (Wildman–Crippen MR) is 119 cm³/mol. The molecular weight excluding hydrogens is 424 g/mol. The topological polar surface area (TPSA) is 88.9 Å². The molecule has 0 aliphatic heterocycles. The molecule has 2 N–H and O–H groups in total. The van der Waals surface area contributed by atoms with Crippen LogP contribution in [0.15, 0.2) is 47.5 Å². The van der Waals surface area contributed by atoms with Gasteiger partial charge in [-0.25, -0.2) is 9.48 Å². The molecule has 1 aliphatic rings. The molecule has 2 heterocycles. The van der Waals surface area contributed by atoms with E-state index in [0.717, 1.165) is 18.4 Å². The highest BCUT2D eigenvalue weighted by Gasteiger charge is 2.24. The van der Waals surface area contributed by atoms with Gasteiger partial charge in [0.25, 0.3) is 5.56 Å². The third kappa shape index (κ3) is 4.66. The fraction of sp³-hybridized carbons (Fsp3) is 0.200. The largest absolute Gasteiger partial charge is 0.323 e. The van der Waals surface area contributed by atoms with E-state index in [1.807, 2.05) is 6.07 Å². The minimum Gasteiger partial charge on any atom is -0.305 e. The number of anilines is 2. The van der Waals surface area contributed by atoms with E-state index in [1.54, 1.807) is 18.2 Å². The first-order valence-corrected chi connectivity index (χ1v) is 10.0. The van der Waals surface area contributed by atoms with Crippen LogP contribution >= 0.6 is 23.2 Å². The summed E-state index contributed by atoms with van der Waals surface area (Å²) in [6.07, 6.45) is 4.82. The lowest BCUT2D eigenvalue weighted by Crippen LogP contribution is -2.30. The van der Waals surface area contributed by atoms with Crippen molar-refractivity contribution in [3.8, 4) is 11.3 Å². The summed E-state index contributed by atoms with van der Waals surface area (Å²) >= 11 is 12.1. The van der Waals surface area contributed by atoms with Gasteiger partial charge in [-0.2, -0.15) is 5.10 Å². The Morgan fingerprint density at radius 2 is 1.90 bits per heavy atom. The SMILES string of the molecule is [B]c1cccc(-c2cc(NC(=O)Nc3c(Cl)cncc3Cl)c(=O)n(CC3CC3)n2)c1. The van der Waals surface area contributed by atoms with Gasteiger partial charge < -0.3 is 10.6 Å². The Morgan fingerprint density at radius 1 is 1.17 bits per heavy atom. The third-order valence-corrected chi connectivity index (χ3v) is 5.20. The number of carbonyl (C=O) groups excluding carboxylic acids is 1. The molecule has 3 aromatic rings. The van der Waals surface area contributed by atoms with Gasteiger partial charge in [0, 0.05) is 24.5 Å². The second kappa shape index (κ2) is 8.49. The highest BCUT2D eigenvalue weighted by molar-refractivity contribution is 6.39. The van der Waals surface area contributed by atoms with E-state index in [4.69, 9.17) is 31.0 Å². The van der Waals surface area contributed by atoms with Crippen LogP contribution in [0.3, 0.4) is 0 Å². The average molecular weight is 440 g/mol. The van der Waals surface area contributed by atoms with Crippen molar-refractivity contribution < 1.29 is 4.79 Å². The van der Waals surface area contributed by atoms with Crippen LogP contribution in [0, 0.1) is 5.92 Å². The van der Waals surface area contributed by atoms with Gasteiger partial charge in [-0.3, -0.25) is 9.78 Å². The monoisotopic (exact) mass is 439 g/mol. The number of nitrogens with one attached hydrogen (secondary N) is 2. The Hall–Kier alpha value is -2.84. The van der Waals surface area contributed by atoms with Crippen LogP contribution in [0.4, 0.5) is 16.2 Å². The number of pyridine rings is 1. The maximum Gasteiger partial charge on any atom is 0.323 e. The summed E-state index contributed by atoms with van der Waals surface area (Å²) in [7, 11) is 5.88. The molecule has 1 aromatic carbocycles. The van der Waals surface area contributed by atoms with E-state index < -0.39 is 11.6 Å². The summed E-state index contributed by atoms with van der Waals surface area (Å²) in [4.78, 5) is 29.3. The highest BCUT2D eigenvalue weighted by Crippen LogP contribution is 2.31. The molecular formula is C20H16BCl2N5O2. The van der Waals surface area contributed by atoms with Crippen LogP contribution in [-0.4, -0.2) is 28.6 Å². The summed E-state index contributed by atoms with van der Waals surface area (Å²) in [6.45, 7) is 0.493. The van der Waals surface area contributed by atoms with Crippen LogP contribution in [-0.2, 0) is 6.54 Å². The Kier molecular flexibility index (Phi) is 5.79. The zero-order chi connectivity index (χ0) is 21.3. The Labute approximate surface area is 183 Å². The molecule has 0 atom stereocenters. The first kappa shape index (κ1) is 20.4. The first-order valence-electron chi connectivity index (χ1n) is 9.26. The summed E-state index contributed by atoms with van der Waals surface area (Å²) < 4.78 is 1.39. The van der Waals surface area contributed by atoms with Gasteiger partial charge in [-0.05, 0) is 24.8 Å². The molecule has 2 amide bonds. The van der Waals surface area contributed by atoms with Crippen molar-refractivity contribution in [1.82, 2.24) is 14.8 Å². The number of benzene rings is 1. The number of hydrogen-bond donors (Lipinski definition) is 2. The molecule has 4 rings (SSSR count). The van der Waals surface area contributed by atoms with Crippen LogP contribution < -0.4 is 21.7 Å². The fourth-order valence-electron chi connectivity index (χ4n) is 2.94. The molecule has 1 aliphatic carbocycles. The van der Waals surface area contributed by atoms with Gasteiger partial charge in [0.15, 0.2) is 0 Å². The van der Waals surface area contributed by atoms with E-state index in [2.05, 4.69) is 20.7 Å². The zero-order valence-electron chi connectivity index (χ0n) is 15.7. The van der Waals surface area contributed by atoms with Gasteiger partial charge >= 0.3 is 6.03 Å². The van der Waals surface area contributed by atoms with E-state index in [1.165, 1.54) is 23.1 Å². The van der Waals surface area contributed by atoms with E-state index in [0.29, 0.717) is 23.6 Å². The van der Waals surface area contributed by atoms with Crippen LogP contribution in [0.2, 0.25) is 10.0 Å². The third-order valence-electron chi connectivity index (χ3n) is 4.62. The molecule has 1 fully saturated rings. The van der Waals surface area contributed by atoms with E-state index >= 15 is 0 Å². The maximum absolute atomic E-state index is 12.9. The summed E-state index contributed by atoms with van der Waals surface area (Å²) in [5.74, 6) is 0.419. The smallest absolute Gasteiger partial charge is 0.305 e. The Bertz CT molecular complexity index is 1160. The second-order valence-electron chi connectivity index (χ2n) is 7.06. The van der Waals surface area contributed by atoms with Crippen molar-refractivity contribution in [2.45, 2.75) is 19.4 Å². The number of carbonyl (C=O) groups is 1. The maximum atomic E-state index is 12.9. The number of amides is 2. The normalized spacial score (nSPS) is 13.1. The number of hydrogen-bond acceptors (Lipinski definition) is 4. The van der Waals surface area contributed by atoms with Crippen LogP contribution in [0.5, 0.6) is 0 Å². The lowest BCUT2D eigenvalue weighted by Gasteiger charge is -2.13. The quantitative estimate of drug-likeness (QED) is 0.595. The van der Waals surface area contributed by atoms with Gasteiger partial charge in [0.2, 0.25) is 0 Å². The molecule has 30 heavy (non-hydrogen) atoms. The summed E-state index contributed by atoms with van der Waals surface area (Å²) in [5.41, 5.74) is 1.73. The highest BCUT2D eigenvalue weighted by atomic mass is 35.5. The average Bonchev–Trinajstić information content (AvgIpc) is 3.52. The van der Waals surface area contributed by atoms with Gasteiger partial charge in [-0.1, -0.05) is 52.9 Å². The number of urea groups is 1. The number of rotatable bonds is 5. The summed E-state index contributed by atoms with van der Waals surface area (Å²) in [5, 5.41) is 9.96. The number of nitrogens with zero attached hydrogens (tertiary/aromatic N) is 3.